The Bertz CT molecular complexity index is 650. The van der Waals surface area contributed by atoms with E-state index >= 15 is 0 Å². The van der Waals surface area contributed by atoms with Crippen LogP contribution in [-0.2, 0) is 9.84 Å². The van der Waals surface area contributed by atoms with Crippen molar-refractivity contribution in [2.75, 3.05) is 26.3 Å². The third kappa shape index (κ3) is 2.77. The van der Waals surface area contributed by atoms with E-state index in [2.05, 4.69) is 0 Å². The van der Waals surface area contributed by atoms with Gasteiger partial charge in [-0.05, 0) is 5.56 Å². The molecule has 21 heavy (non-hydrogen) atoms. The van der Waals surface area contributed by atoms with Crippen LogP contribution >= 0.6 is 22.9 Å². The summed E-state index contributed by atoms with van der Waals surface area (Å²) in [6.07, 6.45) is 0. The Labute approximate surface area is 131 Å². The maximum Gasteiger partial charge on any atom is 0.268 e. The van der Waals surface area contributed by atoms with Gasteiger partial charge in [0.05, 0.1) is 18.1 Å². The summed E-state index contributed by atoms with van der Waals surface area (Å²) in [6.45, 7) is 2.03. The number of hydrogen-bond acceptors (Lipinski definition) is 3. The number of ether oxygens (including phenoxy) is 1. The van der Waals surface area contributed by atoms with E-state index in [0.717, 1.165) is 16.9 Å². The van der Waals surface area contributed by atoms with Crippen LogP contribution in [0.4, 0.5) is 0 Å². The molecule has 0 unspecified atom stereocenters. The number of morpholine rings is 1. The summed E-state index contributed by atoms with van der Waals surface area (Å²) in [5, 5.41) is 12.4. The molecule has 0 saturated carbocycles. The van der Waals surface area contributed by atoms with E-state index in [1.807, 2.05) is 30.3 Å². The second-order valence-corrected chi connectivity index (χ2v) is 6.07. The van der Waals surface area contributed by atoms with E-state index < -0.39 is 0 Å². The molecule has 2 aromatic rings. The van der Waals surface area contributed by atoms with Crippen LogP contribution in [0, 0.1) is 0 Å². The number of thiophene rings is 1. The van der Waals surface area contributed by atoms with Crippen molar-refractivity contribution in [2.24, 2.45) is 0 Å². The van der Waals surface area contributed by atoms with Crippen LogP contribution in [0.15, 0.2) is 30.3 Å². The molecule has 1 amide bonds. The van der Waals surface area contributed by atoms with Crippen molar-refractivity contribution in [3.05, 3.63) is 40.2 Å². The molecule has 0 bridgehead atoms. The summed E-state index contributed by atoms with van der Waals surface area (Å²) in [5.41, 5.74) is 0.852. The first-order valence-electron chi connectivity index (χ1n) is 6.60. The van der Waals surface area contributed by atoms with Crippen molar-refractivity contribution < 1.29 is 14.6 Å². The van der Waals surface area contributed by atoms with E-state index in [-0.39, 0.29) is 21.6 Å². The topological polar surface area (TPSA) is 49.4 Å². The minimum Gasteiger partial charge on any atom is -0.378 e. The number of amides is 1. The average molecular weight is 323 g/mol. The minimum absolute atomic E-state index is 0.128. The summed E-state index contributed by atoms with van der Waals surface area (Å²) >= 11 is 7.30. The molecule has 1 aromatic heterocycles. The molecule has 1 aliphatic heterocycles. The van der Waals surface area contributed by atoms with Crippen molar-refractivity contribution in [1.29, 1.82) is 0 Å². The predicted molar refractivity (Wildman–Crippen MR) is 81.6 cm³/mol. The van der Waals surface area contributed by atoms with E-state index in [1.165, 1.54) is 0 Å². The fourth-order valence-corrected chi connectivity index (χ4v) is 3.65. The second-order valence-electron chi connectivity index (χ2n) is 4.67. The molecular formula is C15H13ClNO3S. The molecule has 1 aromatic carbocycles. The van der Waals surface area contributed by atoms with Gasteiger partial charge in [-0.2, -0.15) is 0 Å². The zero-order valence-corrected chi connectivity index (χ0v) is 12.7. The second kappa shape index (κ2) is 6.05. The van der Waals surface area contributed by atoms with E-state index in [1.54, 1.807) is 4.90 Å². The van der Waals surface area contributed by atoms with Crippen molar-refractivity contribution in [3.63, 3.8) is 0 Å². The van der Waals surface area contributed by atoms with Gasteiger partial charge in [-0.1, -0.05) is 41.9 Å². The molecule has 1 saturated heterocycles. The van der Waals surface area contributed by atoms with Gasteiger partial charge < -0.3 is 9.64 Å². The lowest BCUT2D eigenvalue weighted by atomic mass is 10.2. The Morgan fingerprint density at radius 3 is 2.52 bits per heavy atom. The molecule has 0 spiro atoms. The molecule has 2 heterocycles. The van der Waals surface area contributed by atoms with Gasteiger partial charge in [-0.3, -0.25) is 9.90 Å². The third-order valence-electron chi connectivity index (χ3n) is 3.34. The van der Waals surface area contributed by atoms with Crippen molar-refractivity contribution in [3.8, 4) is 16.2 Å². The maximum absolute atomic E-state index is 12.4. The number of carbonyl (C=O) groups is 1. The fraction of sp³-hybridized carbons (Fsp3) is 0.267. The van der Waals surface area contributed by atoms with E-state index in [0.29, 0.717) is 31.2 Å². The van der Waals surface area contributed by atoms with E-state index in [4.69, 9.17) is 16.3 Å². The predicted octanol–water partition coefficient (Wildman–Crippen LogP) is 3.68. The van der Waals surface area contributed by atoms with Gasteiger partial charge in [0.15, 0.2) is 0 Å². The molecule has 1 radical (unpaired) electrons. The smallest absolute Gasteiger partial charge is 0.268 e. The first-order chi connectivity index (χ1) is 10.2. The van der Waals surface area contributed by atoms with Gasteiger partial charge >= 0.3 is 0 Å². The summed E-state index contributed by atoms with van der Waals surface area (Å²) in [5.74, 6) is -0.630. The van der Waals surface area contributed by atoms with Gasteiger partial charge in [-0.25, -0.2) is 0 Å². The van der Waals surface area contributed by atoms with Crippen molar-refractivity contribution in [1.82, 2.24) is 4.90 Å². The minimum atomic E-state index is -0.378. The van der Waals surface area contributed by atoms with Gasteiger partial charge in [0.1, 0.15) is 9.90 Å². The third-order valence-corrected chi connectivity index (χ3v) is 5.02. The average Bonchev–Trinajstić information content (AvgIpc) is 2.84. The molecular weight excluding hydrogens is 310 g/mol. The zero-order valence-electron chi connectivity index (χ0n) is 11.2. The first kappa shape index (κ1) is 14.4. The highest BCUT2D eigenvalue weighted by Gasteiger charge is 2.28. The van der Waals surface area contributed by atoms with Gasteiger partial charge in [0.2, 0.25) is 5.75 Å². The largest absolute Gasteiger partial charge is 0.378 e. The highest BCUT2D eigenvalue weighted by atomic mass is 35.5. The van der Waals surface area contributed by atoms with Crippen LogP contribution in [0.25, 0.3) is 10.4 Å². The fourth-order valence-electron chi connectivity index (χ4n) is 2.22. The van der Waals surface area contributed by atoms with Gasteiger partial charge in [0.25, 0.3) is 5.91 Å². The number of nitrogens with zero attached hydrogens (tertiary/aromatic N) is 1. The number of halogens is 1. The van der Waals surface area contributed by atoms with Crippen LogP contribution in [0.3, 0.4) is 0 Å². The van der Waals surface area contributed by atoms with Crippen LogP contribution in [0.5, 0.6) is 5.75 Å². The lowest BCUT2D eigenvalue weighted by molar-refractivity contribution is 0.0303. The monoisotopic (exact) mass is 322 g/mol. The molecule has 0 atom stereocenters. The Kier molecular flexibility index (Phi) is 4.14. The molecule has 109 valence electrons. The summed E-state index contributed by atoms with van der Waals surface area (Å²) in [6, 6.07) is 9.39. The molecule has 3 rings (SSSR count). The van der Waals surface area contributed by atoms with Crippen LogP contribution in [0.2, 0.25) is 5.02 Å². The Hall–Kier alpha value is -1.56. The first-order valence-corrected chi connectivity index (χ1v) is 7.79. The van der Waals surface area contributed by atoms with Crippen LogP contribution in [-0.4, -0.2) is 37.1 Å². The highest BCUT2D eigenvalue weighted by Crippen LogP contribution is 2.45. The Morgan fingerprint density at radius 2 is 1.86 bits per heavy atom. The normalized spacial score (nSPS) is 15.2. The molecule has 1 fully saturated rings. The summed E-state index contributed by atoms with van der Waals surface area (Å²) < 4.78 is 5.22. The maximum atomic E-state index is 12.4. The molecule has 0 aliphatic carbocycles. The summed E-state index contributed by atoms with van der Waals surface area (Å²) in [7, 11) is 0. The number of benzene rings is 1. The van der Waals surface area contributed by atoms with Gasteiger partial charge in [-0.15, -0.1) is 11.3 Å². The lowest BCUT2D eigenvalue weighted by Crippen LogP contribution is -2.40. The highest BCUT2D eigenvalue weighted by molar-refractivity contribution is 7.18. The molecule has 4 nitrogen and oxygen atoms in total. The van der Waals surface area contributed by atoms with Crippen LogP contribution < -0.4 is 0 Å². The quantitative estimate of drug-likeness (QED) is 0.846. The van der Waals surface area contributed by atoms with Crippen molar-refractivity contribution >= 4 is 28.8 Å². The standard InChI is InChI=1S/C15H13ClNO3S/c16-11-12(18)14(15(19)17-6-8-20-9-7-17)21-13(11)10-4-2-1-3-5-10/h1-5H,6-9H2. The molecule has 6 heteroatoms. The SMILES string of the molecule is [O]c1c(C(=O)N2CCOCC2)sc(-c2ccccc2)c1Cl. The number of carbonyl (C=O) groups excluding carboxylic acids is 1. The summed E-state index contributed by atoms with van der Waals surface area (Å²) in [4.78, 5) is 14.9. The lowest BCUT2D eigenvalue weighted by Gasteiger charge is -2.26. The van der Waals surface area contributed by atoms with Gasteiger partial charge in [0, 0.05) is 13.1 Å². The molecule has 0 N–H and O–H groups in total. The number of hydrogen-bond donors (Lipinski definition) is 0. The van der Waals surface area contributed by atoms with Crippen LogP contribution in [0.1, 0.15) is 9.67 Å². The zero-order chi connectivity index (χ0) is 14.8. The Morgan fingerprint density at radius 1 is 1.19 bits per heavy atom. The molecule has 1 aliphatic rings. The van der Waals surface area contributed by atoms with Crippen molar-refractivity contribution in [2.45, 2.75) is 0 Å². The number of rotatable bonds is 2. The Balaban J connectivity index is 1.95. The van der Waals surface area contributed by atoms with E-state index in [9.17, 15) is 9.90 Å².